The molecule has 0 aromatic carbocycles. The van der Waals surface area contributed by atoms with E-state index in [2.05, 4.69) is 13.0 Å². The van der Waals surface area contributed by atoms with Gasteiger partial charge in [-0.2, -0.15) is 0 Å². The summed E-state index contributed by atoms with van der Waals surface area (Å²) in [6, 6.07) is 0. The van der Waals surface area contributed by atoms with E-state index in [-0.39, 0.29) is 47.9 Å². The molecule has 0 unspecified atom stereocenters. The number of allylic oxidation sites excluding steroid dienone is 2. The summed E-state index contributed by atoms with van der Waals surface area (Å²) in [5.74, 6) is 0. The molecule has 0 aromatic heterocycles. The summed E-state index contributed by atoms with van der Waals surface area (Å²) < 4.78 is 0. The minimum Gasteiger partial charge on any atom is -1.00 e. The number of hydrogen-bond donors (Lipinski definition) is 0. The molecule has 0 fully saturated rings. The van der Waals surface area contributed by atoms with Crippen molar-refractivity contribution in [2.45, 2.75) is 19.8 Å². The monoisotopic (exact) mass is 162 g/mol. The van der Waals surface area contributed by atoms with Crippen LogP contribution in [0, 0.1) is 0 Å². The number of hydrogen-bond acceptors (Lipinski definition) is 0. The van der Waals surface area contributed by atoms with Crippen molar-refractivity contribution in [3.05, 3.63) is 11.6 Å². The minimum absolute atomic E-state index is 0. The molecule has 0 atom stereocenters. The number of halogens is 2. The Morgan fingerprint density at radius 3 is 1.62 bits per heavy atom. The maximum absolute atomic E-state index is 2.26. The van der Waals surface area contributed by atoms with Crippen LogP contribution in [0.3, 0.4) is 0 Å². The van der Waals surface area contributed by atoms with Gasteiger partial charge < -0.3 is 24.8 Å². The molecule has 0 amide bonds. The van der Waals surface area contributed by atoms with Crippen LogP contribution in [0.5, 0.6) is 0 Å². The summed E-state index contributed by atoms with van der Waals surface area (Å²) in [7, 11) is 0. The van der Waals surface area contributed by atoms with Gasteiger partial charge in [-0.25, -0.2) is 0 Å². The molecule has 0 N–H and O–H groups in total. The smallest absolute Gasteiger partial charge is 1.00 e. The van der Waals surface area contributed by atoms with Crippen LogP contribution < -0.4 is 24.8 Å². The van der Waals surface area contributed by atoms with E-state index in [0.717, 1.165) is 0 Å². The van der Waals surface area contributed by atoms with Crippen LogP contribution in [0.4, 0.5) is 0 Å². The van der Waals surface area contributed by atoms with Crippen LogP contribution in [0.15, 0.2) is 11.6 Å². The van der Waals surface area contributed by atoms with E-state index in [1.165, 1.54) is 12.8 Å². The van der Waals surface area contributed by atoms with Gasteiger partial charge in [0.25, 0.3) is 0 Å². The van der Waals surface area contributed by atoms with Gasteiger partial charge in [-0.05, 0) is 19.8 Å². The second-order valence-corrected chi connectivity index (χ2v) is 1.59. The summed E-state index contributed by atoms with van der Waals surface area (Å²) in [6.45, 7) is 2.17. The Bertz CT molecular complexity index is 70.8. The summed E-state index contributed by atoms with van der Waals surface area (Å²) in [5, 5.41) is 0. The molecule has 1 aliphatic carbocycles. The molecule has 8 heavy (non-hydrogen) atoms. The van der Waals surface area contributed by atoms with Crippen LogP contribution in [0.2, 0.25) is 0 Å². The van der Waals surface area contributed by atoms with Crippen molar-refractivity contribution in [2.75, 3.05) is 0 Å². The van der Waals surface area contributed by atoms with Gasteiger partial charge in [0.05, 0.1) is 0 Å². The van der Waals surface area contributed by atoms with E-state index in [9.17, 15) is 0 Å². The molecular weight excluding hydrogens is 155 g/mol. The Morgan fingerprint density at radius 1 is 1.38 bits per heavy atom. The van der Waals surface area contributed by atoms with Crippen LogP contribution in [0.25, 0.3) is 0 Å². The summed E-state index contributed by atoms with van der Waals surface area (Å²) in [4.78, 5) is 0. The molecular formula is C5H8Cl2Mg. The Morgan fingerprint density at radius 2 is 1.62 bits per heavy atom. The van der Waals surface area contributed by atoms with Crippen LogP contribution in [-0.4, -0.2) is 23.1 Å². The Hall–Kier alpha value is 1.09. The summed E-state index contributed by atoms with van der Waals surface area (Å²) in [6.07, 6.45) is 4.94. The Balaban J connectivity index is -0.0000000833. The second kappa shape index (κ2) is 8.09. The van der Waals surface area contributed by atoms with Crippen LogP contribution in [0.1, 0.15) is 19.8 Å². The average Bonchev–Trinajstić information content (AvgIpc) is 1.30. The van der Waals surface area contributed by atoms with Crippen molar-refractivity contribution in [1.82, 2.24) is 0 Å². The maximum atomic E-state index is 2.26. The summed E-state index contributed by atoms with van der Waals surface area (Å²) >= 11 is 0. The molecule has 3 heteroatoms. The van der Waals surface area contributed by atoms with E-state index in [0.29, 0.717) is 0 Å². The predicted molar refractivity (Wildman–Crippen MR) is 28.7 cm³/mol. The van der Waals surface area contributed by atoms with Crippen molar-refractivity contribution >= 4 is 23.1 Å². The SMILES string of the molecule is CC1=CCC1.[Cl-].[Cl-].[Mg+2]. The molecule has 0 saturated carbocycles. The molecule has 0 aliphatic heterocycles. The first-order valence-corrected chi connectivity index (χ1v) is 2.05. The predicted octanol–water partition coefficient (Wildman–Crippen LogP) is -4.65. The third-order valence-electron chi connectivity index (χ3n) is 1.03. The maximum Gasteiger partial charge on any atom is 2.00 e. The van der Waals surface area contributed by atoms with E-state index < -0.39 is 0 Å². The Labute approximate surface area is 79.1 Å². The van der Waals surface area contributed by atoms with Crippen LogP contribution in [-0.2, 0) is 0 Å². The largest absolute Gasteiger partial charge is 2.00 e. The van der Waals surface area contributed by atoms with Gasteiger partial charge in [0.1, 0.15) is 0 Å². The van der Waals surface area contributed by atoms with Crippen LogP contribution >= 0.6 is 0 Å². The zero-order chi connectivity index (χ0) is 3.70. The quantitative estimate of drug-likeness (QED) is 0.249. The van der Waals surface area contributed by atoms with Crippen molar-refractivity contribution in [3.8, 4) is 0 Å². The van der Waals surface area contributed by atoms with Gasteiger partial charge in [-0.1, -0.05) is 11.6 Å². The van der Waals surface area contributed by atoms with Crippen molar-refractivity contribution in [3.63, 3.8) is 0 Å². The standard InChI is InChI=1S/C5H8.2ClH.Mg/c1-5-3-2-4-5;;;/h3H,2,4H2,1H3;2*1H;/q;;;+2/p-2. The molecule has 0 heterocycles. The molecule has 0 bridgehead atoms. The van der Waals surface area contributed by atoms with Gasteiger partial charge >= 0.3 is 23.1 Å². The first kappa shape index (κ1) is 16.0. The Kier molecular flexibility index (Phi) is 16.2. The molecule has 0 nitrogen and oxygen atoms in total. The molecule has 0 spiro atoms. The fourth-order valence-corrected chi connectivity index (χ4v) is 0.433. The van der Waals surface area contributed by atoms with Crippen molar-refractivity contribution in [2.24, 2.45) is 0 Å². The van der Waals surface area contributed by atoms with E-state index in [1.807, 2.05) is 0 Å². The molecule has 0 radical (unpaired) electrons. The first-order valence-electron chi connectivity index (χ1n) is 2.05. The third-order valence-corrected chi connectivity index (χ3v) is 1.03. The van der Waals surface area contributed by atoms with Gasteiger partial charge in [-0.15, -0.1) is 0 Å². The van der Waals surface area contributed by atoms with Gasteiger partial charge in [0.2, 0.25) is 0 Å². The second-order valence-electron chi connectivity index (χ2n) is 1.59. The number of rotatable bonds is 0. The topological polar surface area (TPSA) is 0 Å². The fraction of sp³-hybridized carbons (Fsp3) is 0.600. The third kappa shape index (κ3) is 5.23. The minimum atomic E-state index is 0. The summed E-state index contributed by atoms with van der Waals surface area (Å²) in [5.41, 5.74) is 1.56. The van der Waals surface area contributed by atoms with Gasteiger partial charge in [0.15, 0.2) is 0 Å². The normalized spacial score (nSPS) is 12.9. The van der Waals surface area contributed by atoms with E-state index in [4.69, 9.17) is 0 Å². The molecule has 1 aliphatic rings. The van der Waals surface area contributed by atoms with E-state index >= 15 is 0 Å². The zero-order valence-electron chi connectivity index (χ0n) is 4.95. The first-order chi connectivity index (χ1) is 2.39. The van der Waals surface area contributed by atoms with Crippen molar-refractivity contribution in [1.29, 1.82) is 0 Å². The molecule has 0 saturated heterocycles. The molecule has 0 aromatic rings. The van der Waals surface area contributed by atoms with Gasteiger partial charge in [0, 0.05) is 0 Å². The fourth-order valence-electron chi connectivity index (χ4n) is 0.433. The van der Waals surface area contributed by atoms with Crippen molar-refractivity contribution < 1.29 is 24.8 Å². The van der Waals surface area contributed by atoms with E-state index in [1.54, 1.807) is 5.57 Å². The zero-order valence-corrected chi connectivity index (χ0v) is 7.88. The molecule has 44 valence electrons. The molecule has 1 rings (SSSR count). The van der Waals surface area contributed by atoms with Gasteiger partial charge in [-0.3, -0.25) is 0 Å². The average molecular weight is 163 g/mol.